The summed E-state index contributed by atoms with van der Waals surface area (Å²) in [4.78, 5) is 27.0. The molecule has 2 aromatic rings. The van der Waals surface area contributed by atoms with Gasteiger partial charge in [-0.1, -0.05) is 0 Å². The summed E-state index contributed by atoms with van der Waals surface area (Å²) < 4.78 is 52.1. The Hall–Kier alpha value is -3.75. The Morgan fingerprint density at radius 2 is 1.95 bits per heavy atom. The van der Waals surface area contributed by atoms with E-state index in [1.54, 1.807) is 26.8 Å². The molecule has 5 rings (SSSR count). The Kier molecular flexibility index (Phi) is 8.16. The average Bonchev–Trinajstić information content (AvgIpc) is 3.14. The monoisotopic (exact) mass is 569 g/mol. The summed E-state index contributed by atoms with van der Waals surface area (Å²) in [5.41, 5.74) is 1.85. The van der Waals surface area contributed by atoms with Crippen LogP contribution in [0.4, 0.5) is 13.6 Å². The van der Waals surface area contributed by atoms with Crippen LogP contribution in [0.5, 0.6) is 5.75 Å². The van der Waals surface area contributed by atoms with Crippen LogP contribution in [0.2, 0.25) is 0 Å². The third-order valence-corrected chi connectivity index (χ3v) is 7.24. The van der Waals surface area contributed by atoms with Gasteiger partial charge in [0.2, 0.25) is 0 Å². The van der Waals surface area contributed by atoms with Crippen LogP contribution in [0.1, 0.15) is 49.8 Å². The SMILES string of the molecule is CC(C)(C)OC(=O)N1CCCO[C@H](C(=O)NC(C#N)Cc2cc3c(cc2F)-c2cc(C4COC4)c(F)cc2CO3)C1. The van der Waals surface area contributed by atoms with Crippen molar-refractivity contribution in [2.24, 2.45) is 0 Å². The topological polar surface area (TPSA) is 110 Å². The molecule has 2 atom stereocenters. The molecule has 1 unspecified atom stereocenters. The highest BCUT2D eigenvalue weighted by Crippen LogP contribution is 2.42. The van der Waals surface area contributed by atoms with Gasteiger partial charge in [-0.2, -0.15) is 5.26 Å². The third-order valence-electron chi connectivity index (χ3n) is 7.24. The van der Waals surface area contributed by atoms with E-state index in [1.165, 1.54) is 23.1 Å². The van der Waals surface area contributed by atoms with Crippen molar-refractivity contribution in [2.45, 2.75) is 63.9 Å². The molecule has 0 bridgehead atoms. The van der Waals surface area contributed by atoms with Gasteiger partial charge in [0.05, 0.1) is 25.8 Å². The van der Waals surface area contributed by atoms with E-state index in [-0.39, 0.29) is 43.5 Å². The summed E-state index contributed by atoms with van der Waals surface area (Å²) in [7, 11) is 0. The van der Waals surface area contributed by atoms with E-state index in [4.69, 9.17) is 18.9 Å². The van der Waals surface area contributed by atoms with Crippen molar-refractivity contribution >= 4 is 12.0 Å². The molecule has 2 fully saturated rings. The van der Waals surface area contributed by atoms with Crippen LogP contribution in [-0.2, 0) is 32.0 Å². The molecule has 3 aliphatic rings. The highest BCUT2D eigenvalue weighted by molar-refractivity contribution is 5.82. The fourth-order valence-electron chi connectivity index (χ4n) is 5.06. The quantitative estimate of drug-likeness (QED) is 0.574. The van der Waals surface area contributed by atoms with Gasteiger partial charge in [0.25, 0.3) is 5.91 Å². The zero-order valence-electron chi connectivity index (χ0n) is 23.3. The van der Waals surface area contributed by atoms with Crippen molar-refractivity contribution in [3.05, 3.63) is 52.6 Å². The number of benzene rings is 2. The lowest BCUT2D eigenvalue weighted by Gasteiger charge is -2.29. The van der Waals surface area contributed by atoms with Crippen molar-refractivity contribution in [3.63, 3.8) is 0 Å². The number of carbonyl (C=O) groups is 2. The Balaban J connectivity index is 1.29. The fraction of sp³-hybridized carbons (Fsp3) is 0.500. The van der Waals surface area contributed by atoms with Gasteiger partial charge in [0.1, 0.15) is 35.6 Å². The molecule has 1 N–H and O–H groups in total. The zero-order valence-corrected chi connectivity index (χ0v) is 23.3. The minimum absolute atomic E-state index is 0.0328. The van der Waals surface area contributed by atoms with Gasteiger partial charge in [0.15, 0.2) is 6.10 Å². The first-order valence-corrected chi connectivity index (χ1v) is 13.7. The summed E-state index contributed by atoms with van der Waals surface area (Å²) in [6.07, 6.45) is -1.15. The largest absolute Gasteiger partial charge is 0.488 e. The molecular formula is C30H33F2N3O6. The van der Waals surface area contributed by atoms with Crippen molar-refractivity contribution in [2.75, 3.05) is 32.9 Å². The molecule has 0 spiro atoms. The summed E-state index contributed by atoms with van der Waals surface area (Å²) in [6, 6.07) is 6.96. The Labute approximate surface area is 237 Å². The second-order valence-electron chi connectivity index (χ2n) is 11.5. The zero-order chi connectivity index (χ0) is 29.3. The standard InChI is InChI=1S/C30H33F2N3O6/c1-30(2,3)41-29(37)35-5-4-6-39-27(13-35)28(36)34-20(12-33)7-17-9-26-23(11-24(17)31)21-10-22(19-14-38-15-19)25(32)8-18(21)16-40-26/h8-11,19-20,27H,4-7,13-16H2,1-3H3,(H,34,36)/t20?,27-/m0/s1. The van der Waals surface area contributed by atoms with Crippen LogP contribution in [0.15, 0.2) is 24.3 Å². The lowest BCUT2D eigenvalue weighted by Crippen LogP contribution is -2.48. The first kappa shape index (κ1) is 28.8. The van der Waals surface area contributed by atoms with E-state index in [0.29, 0.717) is 54.2 Å². The number of amides is 2. The van der Waals surface area contributed by atoms with E-state index >= 15 is 4.39 Å². The van der Waals surface area contributed by atoms with Crippen LogP contribution >= 0.6 is 0 Å². The average molecular weight is 570 g/mol. The predicted octanol–water partition coefficient (Wildman–Crippen LogP) is 4.21. The second-order valence-corrected chi connectivity index (χ2v) is 11.5. The lowest BCUT2D eigenvalue weighted by atomic mass is 9.88. The molecular weight excluding hydrogens is 536 g/mol. The van der Waals surface area contributed by atoms with E-state index in [0.717, 1.165) is 0 Å². The number of nitrogens with one attached hydrogen (secondary N) is 1. The number of carbonyl (C=O) groups excluding carboxylic acids is 2. The normalized spacial score (nSPS) is 19.4. The predicted molar refractivity (Wildman–Crippen MR) is 143 cm³/mol. The molecule has 2 saturated heterocycles. The number of nitriles is 1. The van der Waals surface area contributed by atoms with Crippen LogP contribution in [-0.4, -0.2) is 67.6 Å². The lowest BCUT2D eigenvalue weighted by molar-refractivity contribution is -0.133. The van der Waals surface area contributed by atoms with E-state index in [2.05, 4.69) is 5.32 Å². The van der Waals surface area contributed by atoms with Crippen LogP contribution in [0.3, 0.4) is 0 Å². The van der Waals surface area contributed by atoms with Crippen molar-refractivity contribution in [1.82, 2.24) is 10.2 Å². The van der Waals surface area contributed by atoms with Gasteiger partial charge in [-0.15, -0.1) is 0 Å². The van der Waals surface area contributed by atoms with E-state index in [9.17, 15) is 19.2 Å². The first-order chi connectivity index (χ1) is 19.5. The van der Waals surface area contributed by atoms with E-state index < -0.39 is 35.6 Å². The Bertz CT molecular complexity index is 1380. The van der Waals surface area contributed by atoms with Crippen molar-refractivity contribution in [1.29, 1.82) is 5.26 Å². The van der Waals surface area contributed by atoms with Crippen molar-refractivity contribution < 1.29 is 37.3 Å². The third kappa shape index (κ3) is 6.44. The van der Waals surface area contributed by atoms with Crippen LogP contribution in [0, 0.1) is 23.0 Å². The number of hydrogen-bond acceptors (Lipinski definition) is 7. The van der Waals surface area contributed by atoms with Gasteiger partial charge in [0, 0.05) is 36.6 Å². The molecule has 0 aliphatic carbocycles. The maximum absolute atomic E-state index is 15.4. The van der Waals surface area contributed by atoms with Crippen molar-refractivity contribution in [3.8, 4) is 22.9 Å². The molecule has 2 aromatic carbocycles. The molecule has 2 amide bonds. The highest BCUT2D eigenvalue weighted by atomic mass is 19.1. The van der Waals surface area contributed by atoms with E-state index in [1.807, 2.05) is 6.07 Å². The number of rotatable bonds is 5. The maximum atomic E-state index is 15.4. The summed E-state index contributed by atoms with van der Waals surface area (Å²) in [6.45, 7) is 6.87. The number of nitrogens with zero attached hydrogens (tertiary/aromatic N) is 2. The fourth-order valence-corrected chi connectivity index (χ4v) is 5.06. The van der Waals surface area contributed by atoms with Gasteiger partial charge >= 0.3 is 6.09 Å². The number of halogens is 2. The van der Waals surface area contributed by atoms with Crippen LogP contribution < -0.4 is 10.1 Å². The molecule has 41 heavy (non-hydrogen) atoms. The smallest absolute Gasteiger partial charge is 0.410 e. The highest BCUT2D eigenvalue weighted by Gasteiger charge is 2.32. The number of hydrogen-bond donors (Lipinski definition) is 1. The Morgan fingerprint density at radius 1 is 1.17 bits per heavy atom. The Morgan fingerprint density at radius 3 is 2.63 bits per heavy atom. The molecule has 3 heterocycles. The molecule has 11 heteroatoms. The van der Waals surface area contributed by atoms with Gasteiger partial charge in [-0.25, -0.2) is 13.6 Å². The second kappa shape index (κ2) is 11.6. The van der Waals surface area contributed by atoms with Gasteiger partial charge in [-0.05, 0) is 68.1 Å². The minimum atomic E-state index is -1.06. The van der Waals surface area contributed by atoms with Gasteiger partial charge < -0.3 is 29.2 Å². The summed E-state index contributed by atoms with van der Waals surface area (Å²) >= 11 is 0. The minimum Gasteiger partial charge on any atom is -0.488 e. The number of fused-ring (bicyclic) bond motifs is 3. The summed E-state index contributed by atoms with van der Waals surface area (Å²) in [5, 5.41) is 12.4. The first-order valence-electron chi connectivity index (χ1n) is 13.7. The molecule has 9 nitrogen and oxygen atoms in total. The molecule has 0 radical (unpaired) electrons. The van der Waals surface area contributed by atoms with Gasteiger partial charge in [-0.3, -0.25) is 4.79 Å². The molecule has 0 aromatic heterocycles. The summed E-state index contributed by atoms with van der Waals surface area (Å²) in [5.74, 6) is -1.11. The molecule has 218 valence electrons. The number of ether oxygens (including phenoxy) is 4. The maximum Gasteiger partial charge on any atom is 0.410 e. The molecule has 3 aliphatic heterocycles. The molecule has 0 saturated carbocycles. The van der Waals surface area contributed by atoms with Crippen LogP contribution in [0.25, 0.3) is 11.1 Å².